The Bertz CT molecular complexity index is 467. The number of carbonyl (C=O) groups is 1. The van der Waals surface area contributed by atoms with Crippen LogP contribution in [0.1, 0.15) is 31.9 Å². The van der Waals surface area contributed by atoms with Crippen molar-refractivity contribution in [3.05, 3.63) is 29.8 Å². The summed E-state index contributed by atoms with van der Waals surface area (Å²) in [5, 5.41) is 2.96. The van der Waals surface area contributed by atoms with Gasteiger partial charge in [0.15, 0.2) is 0 Å². The van der Waals surface area contributed by atoms with Crippen molar-refractivity contribution >= 4 is 5.91 Å². The van der Waals surface area contributed by atoms with E-state index < -0.39 is 5.54 Å². The topological polar surface area (TPSA) is 67.6 Å². The van der Waals surface area contributed by atoms with Gasteiger partial charge in [0.2, 0.25) is 5.91 Å². The van der Waals surface area contributed by atoms with E-state index in [1.165, 1.54) is 0 Å². The van der Waals surface area contributed by atoms with Crippen molar-refractivity contribution in [2.45, 2.75) is 31.8 Å². The number of likely N-dealkylation sites (N-methyl/N-ethyl adjacent to an activating group) is 1. The summed E-state index contributed by atoms with van der Waals surface area (Å²) in [7, 11) is 5.63. The van der Waals surface area contributed by atoms with Crippen molar-refractivity contribution in [2.24, 2.45) is 5.73 Å². The van der Waals surface area contributed by atoms with E-state index in [4.69, 9.17) is 10.5 Å². The summed E-state index contributed by atoms with van der Waals surface area (Å²) in [5.41, 5.74) is 6.47. The molecule has 3 N–H and O–H groups in total. The van der Waals surface area contributed by atoms with Crippen LogP contribution >= 0.6 is 0 Å². The lowest BCUT2D eigenvalue weighted by Crippen LogP contribution is -2.41. The molecule has 1 amide bonds. The Morgan fingerprint density at radius 2 is 2.10 bits per heavy atom. The average molecular weight is 293 g/mol. The lowest BCUT2D eigenvalue weighted by atomic mass is 10.0. The van der Waals surface area contributed by atoms with Crippen LogP contribution in [0.5, 0.6) is 5.75 Å². The highest BCUT2D eigenvalue weighted by Crippen LogP contribution is 2.22. The lowest BCUT2D eigenvalue weighted by molar-refractivity contribution is -0.122. The molecule has 5 nitrogen and oxygen atoms in total. The highest BCUT2D eigenvalue weighted by Gasteiger charge is 2.19. The molecule has 0 bridgehead atoms. The minimum absolute atomic E-state index is 0.0303. The number of nitrogens with one attached hydrogen (secondary N) is 1. The van der Waals surface area contributed by atoms with Gasteiger partial charge in [0.25, 0.3) is 0 Å². The molecule has 0 fully saturated rings. The third-order valence-electron chi connectivity index (χ3n) is 3.21. The van der Waals surface area contributed by atoms with Gasteiger partial charge in [0.1, 0.15) is 5.75 Å². The minimum Gasteiger partial charge on any atom is -0.497 e. The number of amides is 1. The van der Waals surface area contributed by atoms with Gasteiger partial charge in [0.05, 0.1) is 13.2 Å². The van der Waals surface area contributed by atoms with E-state index >= 15 is 0 Å². The molecule has 1 aromatic rings. The monoisotopic (exact) mass is 293 g/mol. The number of rotatable bonds is 7. The van der Waals surface area contributed by atoms with Crippen LogP contribution in [-0.4, -0.2) is 44.1 Å². The van der Waals surface area contributed by atoms with E-state index in [-0.39, 0.29) is 11.9 Å². The Balaban J connectivity index is 2.72. The summed E-state index contributed by atoms with van der Waals surface area (Å²) in [6.07, 6.45) is 0.311. The molecule has 0 heterocycles. The standard InChI is InChI=1S/C16H27N3O2/c1-16(2,17)10-15(20)18-11-14(19(3)4)12-7-6-8-13(9-12)21-5/h6-9,14H,10-11,17H2,1-5H3,(H,18,20). The Morgan fingerprint density at radius 1 is 1.43 bits per heavy atom. The minimum atomic E-state index is -0.492. The molecule has 1 rings (SSSR count). The SMILES string of the molecule is COc1cccc(C(CNC(=O)CC(C)(C)N)N(C)C)c1. The van der Waals surface area contributed by atoms with Crippen molar-refractivity contribution in [1.82, 2.24) is 10.2 Å². The molecule has 1 atom stereocenters. The second-order valence-electron chi connectivity index (χ2n) is 6.23. The molecule has 5 heteroatoms. The van der Waals surface area contributed by atoms with Gasteiger partial charge in [-0.2, -0.15) is 0 Å². The van der Waals surface area contributed by atoms with Gasteiger partial charge >= 0.3 is 0 Å². The molecule has 0 saturated heterocycles. The van der Waals surface area contributed by atoms with Gasteiger partial charge in [0, 0.05) is 18.5 Å². The van der Waals surface area contributed by atoms with Crippen LogP contribution in [-0.2, 0) is 4.79 Å². The summed E-state index contributed by atoms with van der Waals surface area (Å²) in [5.74, 6) is 0.783. The van der Waals surface area contributed by atoms with E-state index in [0.29, 0.717) is 13.0 Å². The molecule has 118 valence electrons. The van der Waals surface area contributed by atoms with Gasteiger partial charge < -0.3 is 20.7 Å². The second-order valence-corrected chi connectivity index (χ2v) is 6.23. The van der Waals surface area contributed by atoms with Crippen LogP contribution < -0.4 is 15.8 Å². The van der Waals surface area contributed by atoms with Crippen LogP contribution in [0.15, 0.2) is 24.3 Å². The maximum Gasteiger partial charge on any atom is 0.221 e. The molecule has 0 aromatic heterocycles. The number of hydrogen-bond donors (Lipinski definition) is 2. The summed E-state index contributed by atoms with van der Waals surface area (Å²) < 4.78 is 5.25. The Morgan fingerprint density at radius 3 is 2.62 bits per heavy atom. The fourth-order valence-electron chi connectivity index (χ4n) is 2.13. The molecule has 21 heavy (non-hydrogen) atoms. The molecule has 1 aromatic carbocycles. The van der Waals surface area contributed by atoms with E-state index in [9.17, 15) is 4.79 Å². The van der Waals surface area contributed by atoms with E-state index in [2.05, 4.69) is 10.2 Å². The van der Waals surface area contributed by atoms with Crippen molar-refractivity contribution in [3.8, 4) is 5.75 Å². The molecule has 1 unspecified atom stereocenters. The molecular weight excluding hydrogens is 266 g/mol. The first kappa shape index (κ1) is 17.5. The summed E-state index contributed by atoms with van der Waals surface area (Å²) in [4.78, 5) is 14.0. The van der Waals surface area contributed by atoms with Gasteiger partial charge in [-0.1, -0.05) is 12.1 Å². The summed E-state index contributed by atoms with van der Waals surface area (Å²) in [6, 6.07) is 7.97. The third kappa shape index (κ3) is 6.14. The van der Waals surface area contributed by atoms with Crippen molar-refractivity contribution in [1.29, 1.82) is 0 Å². The highest BCUT2D eigenvalue weighted by atomic mass is 16.5. The number of carbonyl (C=O) groups excluding carboxylic acids is 1. The first-order valence-electron chi connectivity index (χ1n) is 7.09. The fourth-order valence-corrected chi connectivity index (χ4v) is 2.13. The van der Waals surface area contributed by atoms with Crippen LogP contribution in [0.3, 0.4) is 0 Å². The maximum atomic E-state index is 11.9. The number of hydrogen-bond acceptors (Lipinski definition) is 4. The Labute approximate surface area is 127 Å². The zero-order chi connectivity index (χ0) is 16.0. The third-order valence-corrected chi connectivity index (χ3v) is 3.21. The predicted octanol–water partition coefficient (Wildman–Crippen LogP) is 1.54. The second kappa shape index (κ2) is 7.43. The number of benzene rings is 1. The molecule has 0 spiro atoms. The van der Waals surface area contributed by atoms with Gasteiger partial charge in [-0.3, -0.25) is 4.79 Å². The molecule has 0 aliphatic rings. The molecule has 0 aliphatic heterocycles. The van der Waals surface area contributed by atoms with Crippen molar-refractivity contribution in [3.63, 3.8) is 0 Å². The number of methoxy groups -OCH3 is 1. The average Bonchev–Trinajstić information content (AvgIpc) is 2.36. The summed E-state index contributed by atoms with van der Waals surface area (Å²) >= 11 is 0. The highest BCUT2D eigenvalue weighted by molar-refractivity contribution is 5.77. The number of ether oxygens (including phenoxy) is 1. The van der Waals surface area contributed by atoms with E-state index in [1.807, 2.05) is 52.2 Å². The van der Waals surface area contributed by atoms with E-state index in [1.54, 1.807) is 7.11 Å². The predicted molar refractivity (Wildman–Crippen MR) is 85.3 cm³/mol. The van der Waals surface area contributed by atoms with Gasteiger partial charge in [-0.15, -0.1) is 0 Å². The van der Waals surface area contributed by atoms with Crippen LogP contribution in [0, 0.1) is 0 Å². The number of nitrogens with zero attached hydrogens (tertiary/aromatic N) is 1. The largest absolute Gasteiger partial charge is 0.497 e. The zero-order valence-electron chi connectivity index (χ0n) is 13.6. The Kier molecular flexibility index (Phi) is 6.18. The molecule has 0 aliphatic carbocycles. The lowest BCUT2D eigenvalue weighted by Gasteiger charge is -2.26. The fraction of sp³-hybridized carbons (Fsp3) is 0.562. The first-order chi connectivity index (χ1) is 9.73. The van der Waals surface area contributed by atoms with E-state index in [0.717, 1.165) is 11.3 Å². The molecular formula is C16H27N3O2. The molecule has 0 radical (unpaired) electrons. The quantitative estimate of drug-likeness (QED) is 0.800. The smallest absolute Gasteiger partial charge is 0.221 e. The van der Waals surface area contributed by atoms with Gasteiger partial charge in [-0.05, 0) is 45.6 Å². The van der Waals surface area contributed by atoms with Crippen LogP contribution in [0.25, 0.3) is 0 Å². The molecule has 0 saturated carbocycles. The number of nitrogens with two attached hydrogens (primary N) is 1. The normalized spacial score (nSPS) is 13.1. The van der Waals surface area contributed by atoms with Crippen molar-refractivity contribution in [2.75, 3.05) is 27.7 Å². The van der Waals surface area contributed by atoms with Crippen LogP contribution in [0.2, 0.25) is 0 Å². The van der Waals surface area contributed by atoms with Crippen LogP contribution in [0.4, 0.5) is 0 Å². The summed E-state index contributed by atoms with van der Waals surface area (Å²) in [6.45, 7) is 4.23. The first-order valence-corrected chi connectivity index (χ1v) is 7.09. The Hall–Kier alpha value is -1.59. The van der Waals surface area contributed by atoms with Gasteiger partial charge in [-0.25, -0.2) is 0 Å². The van der Waals surface area contributed by atoms with Crippen molar-refractivity contribution < 1.29 is 9.53 Å². The maximum absolute atomic E-state index is 11.9. The zero-order valence-corrected chi connectivity index (χ0v) is 13.6.